The van der Waals surface area contributed by atoms with Crippen LogP contribution in [0.4, 0.5) is 3.89 Å². The summed E-state index contributed by atoms with van der Waals surface area (Å²) in [4.78, 5) is 11.3. The van der Waals surface area contributed by atoms with Gasteiger partial charge in [-0.3, -0.25) is 0 Å². The summed E-state index contributed by atoms with van der Waals surface area (Å²) in [6, 6.07) is 9.10. The van der Waals surface area contributed by atoms with Crippen LogP contribution in [0.15, 0.2) is 47.4 Å². The van der Waals surface area contributed by atoms with Gasteiger partial charge in [0.25, 0.3) is 0 Å². The second kappa shape index (κ2) is 6.01. The highest BCUT2D eigenvalue weighted by atomic mass is 35.5. The maximum Gasteiger partial charge on any atom is 0.345 e. The van der Waals surface area contributed by atoms with Crippen molar-refractivity contribution in [3.8, 4) is 5.75 Å². The molecule has 0 amide bonds. The summed E-state index contributed by atoms with van der Waals surface area (Å²) in [7, 11) is -4.88. The van der Waals surface area contributed by atoms with Gasteiger partial charge in [0, 0.05) is 0 Å². The van der Waals surface area contributed by atoms with Crippen molar-refractivity contribution >= 4 is 39.4 Å². The van der Waals surface area contributed by atoms with E-state index in [-0.39, 0.29) is 21.4 Å². The van der Waals surface area contributed by atoms with Crippen LogP contribution in [0, 0.1) is 0 Å². The SMILES string of the molecule is O=C(Oc1ccc(S(=O)(=O)F)cc1Cl)c1ccccc1Cl. The third-order valence-electron chi connectivity index (χ3n) is 2.48. The molecule has 0 spiro atoms. The van der Waals surface area contributed by atoms with Gasteiger partial charge in [-0.25, -0.2) is 4.79 Å². The number of carbonyl (C=O) groups is 1. The minimum atomic E-state index is -4.88. The van der Waals surface area contributed by atoms with Crippen LogP contribution in [0.25, 0.3) is 0 Å². The Balaban J connectivity index is 2.29. The molecule has 0 saturated carbocycles. The number of benzene rings is 2. The van der Waals surface area contributed by atoms with Crippen molar-refractivity contribution in [1.29, 1.82) is 0 Å². The highest BCUT2D eigenvalue weighted by Crippen LogP contribution is 2.29. The maximum absolute atomic E-state index is 12.8. The van der Waals surface area contributed by atoms with Crippen molar-refractivity contribution in [3.63, 3.8) is 0 Å². The van der Waals surface area contributed by atoms with E-state index in [1.807, 2.05) is 0 Å². The zero-order valence-corrected chi connectivity index (χ0v) is 12.5. The van der Waals surface area contributed by atoms with E-state index in [4.69, 9.17) is 27.9 Å². The molecule has 0 fully saturated rings. The summed E-state index contributed by atoms with van der Waals surface area (Å²) in [6.07, 6.45) is 0. The molecular formula is C13H7Cl2FO4S. The molecule has 0 bridgehead atoms. The van der Waals surface area contributed by atoms with Crippen LogP contribution in [-0.4, -0.2) is 14.4 Å². The molecule has 0 unspecified atom stereocenters. The molecule has 4 nitrogen and oxygen atoms in total. The monoisotopic (exact) mass is 348 g/mol. The fourth-order valence-corrected chi connectivity index (χ4v) is 2.48. The molecule has 0 radical (unpaired) electrons. The summed E-state index contributed by atoms with van der Waals surface area (Å²) < 4.78 is 39.3. The second-order valence-electron chi connectivity index (χ2n) is 3.90. The lowest BCUT2D eigenvalue weighted by Crippen LogP contribution is -2.09. The van der Waals surface area contributed by atoms with E-state index < -0.39 is 21.1 Å². The largest absolute Gasteiger partial charge is 0.421 e. The Morgan fingerprint density at radius 2 is 1.71 bits per heavy atom. The standard InChI is InChI=1S/C13H7Cl2FO4S/c14-10-4-2-1-3-9(10)13(17)20-12-6-5-8(7-11(12)15)21(16,18)19/h1-7H. The van der Waals surface area contributed by atoms with Crippen LogP contribution in [0.2, 0.25) is 10.0 Å². The normalized spacial score (nSPS) is 11.2. The van der Waals surface area contributed by atoms with E-state index >= 15 is 0 Å². The van der Waals surface area contributed by atoms with E-state index in [1.165, 1.54) is 12.1 Å². The predicted molar refractivity (Wildman–Crippen MR) is 76.2 cm³/mol. The van der Waals surface area contributed by atoms with E-state index in [0.717, 1.165) is 18.2 Å². The number of ether oxygens (including phenoxy) is 1. The van der Waals surface area contributed by atoms with Gasteiger partial charge in [-0.2, -0.15) is 8.42 Å². The van der Waals surface area contributed by atoms with Crippen LogP contribution in [0.1, 0.15) is 10.4 Å². The molecule has 0 atom stereocenters. The van der Waals surface area contributed by atoms with Gasteiger partial charge >= 0.3 is 16.2 Å². The Morgan fingerprint density at radius 1 is 1.05 bits per heavy atom. The molecule has 8 heteroatoms. The van der Waals surface area contributed by atoms with Gasteiger partial charge in [0.05, 0.1) is 15.6 Å². The highest BCUT2D eigenvalue weighted by molar-refractivity contribution is 7.86. The van der Waals surface area contributed by atoms with Gasteiger partial charge in [0.15, 0.2) is 0 Å². The van der Waals surface area contributed by atoms with Crippen molar-refractivity contribution in [2.45, 2.75) is 4.90 Å². The molecule has 0 aromatic heterocycles. The van der Waals surface area contributed by atoms with Gasteiger partial charge in [-0.15, -0.1) is 3.89 Å². The summed E-state index contributed by atoms with van der Waals surface area (Å²) >= 11 is 11.6. The Hall–Kier alpha value is -1.63. The third-order valence-corrected chi connectivity index (χ3v) is 3.92. The van der Waals surface area contributed by atoms with Crippen LogP contribution in [0.5, 0.6) is 5.75 Å². The summed E-state index contributed by atoms with van der Waals surface area (Å²) in [5.74, 6) is -0.868. The molecule has 0 saturated heterocycles. The summed E-state index contributed by atoms with van der Waals surface area (Å²) in [5.41, 5.74) is 0.123. The van der Waals surface area contributed by atoms with Crippen molar-refractivity contribution < 1.29 is 21.8 Å². The van der Waals surface area contributed by atoms with Crippen molar-refractivity contribution in [2.75, 3.05) is 0 Å². The predicted octanol–water partition coefficient (Wildman–Crippen LogP) is 3.87. The summed E-state index contributed by atoms with van der Waals surface area (Å²) in [5, 5.41) is -0.0179. The average molecular weight is 349 g/mol. The van der Waals surface area contributed by atoms with E-state index in [1.54, 1.807) is 12.1 Å². The number of hydrogen-bond donors (Lipinski definition) is 0. The first-order chi connectivity index (χ1) is 9.79. The lowest BCUT2D eigenvalue weighted by atomic mass is 10.2. The van der Waals surface area contributed by atoms with Crippen LogP contribution < -0.4 is 4.74 Å². The number of rotatable bonds is 3. The number of esters is 1. The molecule has 21 heavy (non-hydrogen) atoms. The Labute approximate surface area is 130 Å². The zero-order valence-electron chi connectivity index (χ0n) is 10.2. The average Bonchev–Trinajstić information content (AvgIpc) is 2.40. The van der Waals surface area contributed by atoms with E-state index in [9.17, 15) is 17.1 Å². The number of hydrogen-bond acceptors (Lipinski definition) is 4. The molecule has 2 rings (SSSR count). The molecule has 110 valence electrons. The van der Waals surface area contributed by atoms with Crippen LogP contribution in [-0.2, 0) is 10.2 Å². The van der Waals surface area contributed by atoms with Gasteiger partial charge in [0.2, 0.25) is 0 Å². The molecule has 2 aromatic carbocycles. The molecule has 0 N–H and O–H groups in total. The molecule has 2 aromatic rings. The quantitative estimate of drug-likeness (QED) is 0.479. The first-order valence-electron chi connectivity index (χ1n) is 5.50. The lowest BCUT2D eigenvalue weighted by Gasteiger charge is -2.07. The van der Waals surface area contributed by atoms with E-state index in [2.05, 4.69) is 0 Å². The van der Waals surface area contributed by atoms with E-state index in [0.29, 0.717) is 0 Å². The highest BCUT2D eigenvalue weighted by Gasteiger charge is 2.17. The Kier molecular flexibility index (Phi) is 4.51. The molecule has 0 aliphatic rings. The third kappa shape index (κ3) is 3.72. The number of carbonyl (C=O) groups excluding carboxylic acids is 1. The lowest BCUT2D eigenvalue weighted by molar-refractivity contribution is 0.0735. The van der Waals surface area contributed by atoms with Crippen LogP contribution in [0.3, 0.4) is 0 Å². The Bertz CT molecular complexity index is 806. The first kappa shape index (κ1) is 15.8. The maximum atomic E-state index is 12.8. The van der Waals surface area contributed by atoms with Crippen molar-refractivity contribution in [2.24, 2.45) is 0 Å². The molecule has 0 heterocycles. The van der Waals surface area contributed by atoms with Crippen LogP contribution >= 0.6 is 23.2 Å². The summed E-state index contributed by atoms with van der Waals surface area (Å²) in [6.45, 7) is 0. The fraction of sp³-hybridized carbons (Fsp3) is 0. The minimum Gasteiger partial charge on any atom is -0.421 e. The topological polar surface area (TPSA) is 60.4 Å². The fourth-order valence-electron chi connectivity index (χ4n) is 1.50. The minimum absolute atomic E-state index is 0.103. The smallest absolute Gasteiger partial charge is 0.345 e. The second-order valence-corrected chi connectivity index (χ2v) is 6.06. The van der Waals surface area contributed by atoms with Crippen molar-refractivity contribution in [1.82, 2.24) is 0 Å². The van der Waals surface area contributed by atoms with Gasteiger partial charge in [0.1, 0.15) is 10.6 Å². The first-order valence-corrected chi connectivity index (χ1v) is 7.64. The Morgan fingerprint density at radius 3 is 2.29 bits per heavy atom. The van der Waals surface area contributed by atoms with Gasteiger partial charge in [-0.1, -0.05) is 35.3 Å². The van der Waals surface area contributed by atoms with Gasteiger partial charge in [-0.05, 0) is 30.3 Å². The van der Waals surface area contributed by atoms with Gasteiger partial charge < -0.3 is 4.74 Å². The van der Waals surface area contributed by atoms with Crippen molar-refractivity contribution in [3.05, 3.63) is 58.1 Å². The molecule has 0 aliphatic heterocycles. The number of halogens is 3. The molecular weight excluding hydrogens is 342 g/mol. The molecule has 0 aliphatic carbocycles. The zero-order chi connectivity index (χ0) is 15.6.